The van der Waals surface area contributed by atoms with Crippen LogP contribution in [-0.2, 0) is 14.8 Å². The van der Waals surface area contributed by atoms with Crippen molar-refractivity contribution in [3.8, 4) is 0 Å². The largest absolute Gasteiger partial charge is 0.380 e. The minimum atomic E-state index is -3.98. The van der Waals surface area contributed by atoms with Crippen LogP contribution < -0.4 is 5.14 Å². The molecule has 1 unspecified atom stereocenters. The fraction of sp³-hybridized carbons (Fsp3) is 0.417. The minimum absolute atomic E-state index is 0.0802. The zero-order chi connectivity index (χ0) is 14.9. The van der Waals surface area contributed by atoms with Gasteiger partial charge < -0.3 is 9.64 Å². The van der Waals surface area contributed by atoms with Gasteiger partial charge in [0.2, 0.25) is 10.0 Å². The van der Waals surface area contributed by atoms with Gasteiger partial charge in [-0.1, -0.05) is 0 Å². The number of halogens is 1. The van der Waals surface area contributed by atoms with Gasteiger partial charge in [-0.3, -0.25) is 4.79 Å². The second kappa shape index (κ2) is 5.47. The van der Waals surface area contributed by atoms with E-state index in [-0.39, 0.29) is 16.6 Å². The number of hydrogen-bond acceptors (Lipinski definition) is 4. The van der Waals surface area contributed by atoms with Crippen LogP contribution in [0.3, 0.4) is 0 Å². The number of benzene rings is 1. The summed E-state index contributed by atoms with van der Waals surface area (Å²) < 4.78 is 41.4. The van der Waals surface area contributed by atoms with Crippen molar-refractivity contribution in [3.05, 3.63) is 29.6 Å². The van der Waals surface area contributed by atoms with Crippen LogP contribution in [0.4, 0.5) is 4.39 Å². The number of carbonyl (C=O) groups excluding carboxylic acids is 1. The highest BCUT2D eigenvalue weighted by Gasteiger charge is 2.28. The van der Waals surface area contributed by atoms with Crippen LogP contribution in [0.1, 0.15) is 16.8 Å². The summed E-state index contributed by atoms with van der Waals surface area (Å²) in [5.41, 5.74) is -0.298. The Morgan fingerprint density at radius 3 is 2.75 bits per heavy atom. The lowest BCUT2D eigenvalue weighted by atomic mass is 10.2. The smallest absolute Gasteiger partial charge is 0.256 e. The van der Waals surface area contributed by atoms with Crippen LogP contribution in [0.15, 0.2) is 23.1 Å². The van der Waals surface area contributed by atoms with Crippen molar-refractivity contribution < 1.29 is 22.3 Å². The average Bonchev–Trinajstić information content (AvgIpc) is 2.86. The van der Waals surface area contributed by atoms with Gasteiger partial charge in [-0.2, -0.15) is 0 Å². The molecule has 1 aliphatic rings. The molecule has 0 spiro atoms. The highest BCUT2D eigenvalue weighted by molar-refractivity contribution is 7.89. The molecule has 0 saturated carbocycles. The summed E-state index contributed by atoms with van der Waals surface area (Å²) in [7, 11) is -2.43. The Bertz CT molecular complexity index is 632. The fourth-order valence-corrected chi connectivity index (χ4v) is 2.66. The number of nitrogens with two attached hydrogens (primary N) is 1. The SMILES string of the molecule is COC1CCN(C(=O)c2cc(S(N)(=O)=O)ccc2F)C1. The molecule has 0 radical (unpaired) electrons. The van der Waals surface area contributed by atoms with Gasteiger partial charge in [0.05, 0.1) is 16.6 Å². The quantitative estimate of drug-likeness (QED) is 0.871. The molecule has 1 amide bonds. The van der Waals surface area contributed by atoms with E-state index in [1.165, 1.54) is 4.90 Å². The third kappa shape index (κ3) is 2.97. The van der Waals surface area contributed by atoms with Crippen molar-refractivity contribution in [1.29, 1.82) is 0 Å². The number of likely N-dealkylation sites (tertiary alicyclic amines) is 1. The number of rotatable bonds is 3. The third-order valence-electron chi connectivity index (χ3n) is 3.26. The summed E-state index contributed by atoms with van der Waals surface area (Å²) in [6.45, 7) is 0.796. The molecule has 0 bridgehead atoms. The van der Waals surface area contributed by atoms with Crippen molar-refractivity contribution in [2.24, 2.45) is 5.14 Å². The molecule has 1 fully saturated rings. The number of primary sulfonamides is 1. The number of nitrogens with zero attached hydrogens (tertiary/aromatic N) is 1. The van der Waals surface area contributed by atoms with Crippen LogP contribution in [-0.4, -0.2) is 45.5 Å². The topological polar surface area (TPSA) is 89.7 Å². The normalized spacial score (nSPS) is 19.4. The minimum Gasteiger partial charge on any atom is -0.380 e. The zero-order valence-corrected chi connectivity index (χ0v) is 11.7. The van der Waals surface area contributed by atoms with E-state index < -0.39 is 21.7 Å². The van der Waals surface area contributed by atoms with E-state index in [2.05, 4.69) is 0 Å². The van der Waals surface area contributed by atoms with E-state index in [4.69, 9.17) is 9.88 Å². The summed E-state index contributed by atoms with van der Waals surface area (Å²) in [4.78, 5) is 13.3. The number of amides is 1. The number of sulfonamides is 1. The van der Waals surface area contributed by atoms with Crippen molar-refractivity contribution in [2.45, 2.75) is 17.4 Å². The summed E-state index contributed by atoms with van der Waals surface area (Å²) in [6, 6.07) is 2.92. The molecule has 20 heavy (non-hydrogen) atoms. The average molecular weight is 302 g/mol. The lowest BCUT2D eigenvalue weighted by molar-refractivity contribution is 0.0719. The Kier molecular flexibility index (Phi) is 4.07. The molecule has 2 N–H and O–H groups in total. The van der Waals surface area contributed by atoms with Crippen LogP contribution in [0.5, 0.6) is 0 Å². The molecular weight excluding hydrogens is 287 g/mol. The number of hydrogen-bond donors (Lipinski definition) is 1. The molecule has 2 rings (SSSR count). The standard InChI is InChI=1S/C12H15FN2O4S/c1-19-8-4-5-15(7-8)12(16)10-6-9(20(14,17)18)2-3-11(10)13/h2-3,6,8H,4-5,7H2,1H3,(H2,14,17,18). The molecule has 0 aromatic heterocycles. The fourth-order valence-electron chi connectivity index (χ4n) is 2.12. The highest BCUT2D eigenvalue weighted by Crippen LogP contribution is 2.19. The van der Waals surface area contributed by atoms with Crippen LogP contribution in [0.25, 0.3) is 0 Å². The Hall–Kier alpha value is -1.51. The predicted octanol–water partition coefficient (Wildman–Crippen LogP) is 0.334. The van der Waals surface area contributed by atoms with E-state index in [1.54, 1.807) is 7.11 Å². The Balaban J connectivity index is 2.30. The summed E-state index contributed by atoms with van der Waals surface area (Å²) in [5, 5.41) is 4.98. The van der Waals surface area contributed by atoms with E-state index >= 15 is 0 Å². The van der Waals surface area contributed by atoms with Gasteiger partial charge in [0.15, 0.2) is 0 Å². The monoisotopic (exact) mass is 302 g/mol. The van der Waals surface area contributed by atoms with E-state index in [1.807, 2.05) is 0 Å². The predicted molar refractivity (Wildman–Crippen MR) is 69.1 cm³/mol. The van der Waals surface area contributed by atoms with Crippen molar-refractivity contribution in [2.75, 3.05) is 20.2 Å². The first kappa shape index (κ1) is 14.9. The maximum atomic E-state index is 13.7. The number of methoxy groups -OCH3 is 1. The molecule has 1 saturated heterocycles. The molecule has 0 aliphatic carbocycles. The van der Waals surface area contributed by atoms with E-state index in [0.29, 0.717) is 19.5 Å². The van der Waals surface area contributed by atoms with Crippen LogP contribution in [0, 0.1) is 5.82 Å². The molecule has 1 atom stereocenters. The second-order valence-corrected chi connectivity index (χ2v) is 6.15. The maximum absolute atomic E-state index is 13.7. The number of carbonyl (C=O) groups is 1. The molecule has 1 aliphatic heterocycles. The molecule has 1 aromatic rings. The molecule has 6 nitrogen and oxygen atoms in total. The van der Waals surface area contributed by atoms with Gasteiger partial charge in [0.1, 0.15) is 5.82 Å². The lowest BCUT2D eigenvalue weighted by Crippen LogP contribution is -2.31. The van der Waals surface area contributed by atoms with Crippen molar-refractivity contribution >= 4 is 15.9 Å². The van der Waals surface area contributed by atoms with Crippen LogP contribution in [0.2, 0.25) is 0 Å². The van der Waals surface area contributed by atoms with Crippen LogP contribution >= 0.6 is 0 Å². The Labute approximate surface area is 116 Å². The zero-order valence-electron chi connectivity index (χ0n) is 10.9. The van der Waals surface area contributed by atoms with Gasteiger partial charge in [-0.25, -0.2) is 17.9 Å². The summed E-state index contributed by atoms with van der Waals surface area (Å²) in [6.07, 6.45) is 0.585. The van der Waals surface area contributed by atoms with Gasteiger partial charge >= 0.3 is 0 Å². The van der Waals surface area contributed by atoms with Crippen molar-refractivity contribution in [3.63, 3.8) is 0 Å². The van der Waals surface area contributed by atoms with Gasteiger partial charge in [0, 0.05) is 20.2 Å². The first-order chi connectivity index (χ1) is 9.32. The molecule has 1 aromatic carbocycles. The maximum Gasteiger partial charge on any atom is 0.256 e. The second-order valence-electron chi connectivity index (χ2n) is 4.58. The lowest BCUT2D eigenvalue weighted by Gasteiger charge is -2.17. The molecular formula is C12H15FN2O4S. The Morgan fingerprint density at radius 1 is 1.50 bits per heavy atom. The van der Waals surface area contributed by atoms with E-state index in [0.717, 1.165) is 18.2 Å². The first-order valence-corrected chi connectivity index (χ1v) is 7.52. The van der Waals surface area contributed by atoms with Gasteiger partial charge in [-0.15, -0.1) is 0 Å². The third-order valence-corrected chi connectivity index (χ3v) is 4.17. The van der Waals surface area contributed by atoms with E-state index in [9.17, 15) is 17.6 Å². The summed E-state index contributed by atoms with van der Waals surface area (Å²) in [5.74, 6) is -1.34. The highest BCUT2D eigenvalue weighted by atomic mass is 32.2. The van der Waals surface area contributed by atoms with Crippen molar-refractivity contribution in [1.82, 2.24) is 4.90 Å². The summed E-state index contributed by atoms with van der Waals surface area (Å²) >= 11 is 0. The Morgan fingerprint density at radius 2 is 2.20 bits per heavy atom. The molecule has 8 heteroatoms. The molecule has 1 heterocycles. The van der Waals surface area contributed by atoms with Gasteiger partial charge in [-0.05, 0) is 24.6 Å². The number of ether oxygens (including phenoxy) is 1. The molecule has 110 valence electrons. The first-order valence-electron chi connectivity index (χ1n) is 5.97. The van der Waals surface area contributed by atoms with Gasteiger partial charge in [0.25, 0.3) is 5.91 Å².